The van der Waals surface area contributed by atoms with Crippen molar-refractivity contribution in [2.45, 2.75) is 44.6 Å². The highest BCUT2D eigenvalue weighted by atomic mass is 19.1. The van der Waals surface area contributed by atoms with E-state index in [2.05, 4.69) is 20.9 Å². The van der Waals surface area contributed by atoms with Crippen LogP contribution in [0.25, 0.3) is 0 Å². The normalized spacial score (nSPS) is 16.1. The zero-order chi connectivity index (χ0) is 17.0. The van der Waals surface area contributed by atoms with Crippen LogP contribution >= 0.6 is 0 Å². The number of halogens is 1. The Balaban J connectivity index is 1.63. The molecule has 0 aliphatic heterocycles. The van der Waals surface area contributed by atoms with Gasteiger partial charge < -0.3 is 5.32 Å². The molecule has 1 fully saturated rings. The van der Waals surface area contributed by atoms with Crippen LogP contribution in [0.5, 0.6) is 0 Å². The van der Waals surface area contributed by atoms with Gasteiger partial charge in [-0.15, -0.1) is 5.10 Å². The number of hydrogen-bond donors (Lipinski definition) is 2. The Morgan fingerprint density at radius 2 is 2.00 bits per heavy atom. The molecule has 0 unspecified atom stereocenters. The fourth-order valence-corrected chi connectivity index (χ4v) is 3.34. The molecule has 1 aliphatic carbocycles. The van der Waals surface area contributed by atoms with E-state index in [0.717, 1.165) is 31.2 Å². The summed E-state index contributed by atoms with van der Waals surface area (Å²) >= 11 is 0. The first-order valence-corrected chi connectivity index (χ1v) is 8.32. The van der Waals surface area contributed by atoms with Crippen LogP contribution in [0, 0.1) is 5.82 Å². The first-order valence-electron chi connectivity index (χ1n) is 8.32. The van der Waals surface area contributed by atoms with Crippen molar-refractivity contribution in [1.82, 2.24) is 20.3 Å². The van der Waals surface area contributed by atoms with Crippen LogP contribution in [0.2, 0.25) is 0 Å². The van der Waals surface area contributed by atoms with Crippen molar-refractivity contribution in [2.24, 2.45) is 0 Å². The molecular formula is C17H22FN5O. The lowest BCUT2D eigenvalue weighted by molar-refractivity contribution is 0.248. The molecule has 1 saturated carbocycles. The Morgan fingerprint density at radius 1 is 1.29 bits per heavy atom. The van der Waals surface area contributed by atoms with Crippen molar-refractivity contribution in [3.8, 4) is 0 Å². The van der Waals surface area contributed by atoms with Gasteiger partial charge in [0.25, 0.3) is 0 Å². The van der Waals surface area contributed by atoms with Crippen LogP contribution in [0.3, 0.4) is 0 Å². The SMILES string of the molecule is CCn1cc(NC(=O)NCC2(c3ccc(F)cc3)CCCC2)nn1. The number of amides is 2. The summed E-state index contributed by atoms with van der Waals surface area (Å²) in [6.45, 7) is 3.17. The number of carbonyl (C=O) groups is 1. The molecule has 6 nitrogen and oxygen atoms in total. The molecule has 0 saturated heterocycles. The zero-order valence-electron chi connectivity index (χ0n) is 13.8. The van der Waals surface area contributed by atoms with Crippen molar-refractivity contribution in [1.29, 1.82) is 0 Å². The fourth-order valence-electron chi connectivity index (χ4n) is 3.34. The summed E-state index contributed by atoms with van der Waals surface area (Å²) in [7, 11) is 0. The van der Waals surface area contributed by atoms with E-state index >= 15 is 0 Å². The molecule has 2 amide bonds. The van der Waals surface area contributed by atoms with Crippen LogP contribution in [0.1, 0.15) is 38.2 Å². The summed E-state index contributed by atoms with van der Waals surface area (Å²) in [6, 6.07) is 6.32. The summed E-state index contributed by atoms with van der Waals surface area (Å²) in [5.74, 6) is 0.188. The van der Waals surface area contributed by atoms with Crippen molar-refractivity contribution < 1.29 is 9.18 Å². The lowest BCUT2D eigenvalue weighted by atomic mass is 9.79. The van der Waals surface area contributed by atoms with Gasteiger partial charge in [-0.05, 0) is 37.5 Å². The zero-order valence-corrected chi connectivity index (χ0v) is 13.8. The van der Waals surface area contributed by atoms with Crippen molar-refractivity contribution in [3.63, 3.8) is 0 Å². The van der Waals surface area contributed by atoms with E-state index in [4.69, 9.17) is 0 Å². The molecule has 7 heteroatoms. The van der Waals surface area contributed by atoms with Crippen LogP contribution in [-0.4, -0.2) is 27.6 Å². The number of nitrogens with zero attached hydrogens (tertiary/aromatic N) is 3. The molecular weight excluding hydrogens is 309 g/mol. The number of urea groups is 1. The maximum absolute atomic E-state index is 13.2. The Morgan fingerprint density at radius 3 is 2.62 bits per heavy atom. The number of carbonyl (C=O) groups excluding carboxylic acids is 1. The molecule has 0 radical (unpaired) electrons. The lowest BCUT2D eigenvalue weighted by Gasteiger charge is -2.30. The lowest BCUT2D eigenvalue weighted by Crippen LogP contribution is -2.41. The maximum Gasteiger partial charge on any atom is 0.320 e. The highest BCUT2D eigenvalue weighted by Crippen LogP contribution is 2.40. The number of hydrogen-bond acceptors (Lipinski definition) is 3. The summed E-state index contributed by atoms with van der Waals surface area (Å²) in [5, 5.41) is 13.4. The van der Waals surface area contributed by atoms with Gasteiger partial charge >= 0.3 is 6.03 Å². The van der Waals surface area contributed by atoms with Gasteiger partial charge in [0.1, 0.15) is 5.82 Å². The molecule has 2 aromatic rings. The standard InChI is InChI=1S/C17H22FN5O/c1-2-23-11-15(21-22-23)20-16(24)19-12-17(9-3-4-10-17)13-5-7-14(18)8-6-13/h5-8,11H,2-4,9-10,12H2,1H3,(H2,19,20,24). The van der Waals surface area contributed by atoms with Crippen molar-refractivity contribution in [2.75, 3.05) is 11.9 Å². The van der Waals surface area contributed by atoms with Crippen molar-refractivity contribution in [3.05, 3.63) is 41.8 Å². The average Bonchev–Trinajstić information content (AvgIpc) is 3.23. The Hall–Kier alpha value is -2.44. The number of nitrogens with one attached hydrogen (secondary N) is 2. The van der Waals surface area contributed by atoms with E-state index in [9.17, 15) is 9.18 Å². The number of aryl methyl sites for hydroxylation is 1. The predicted octanol–water partition coefficient (Wildman–Crippen LogP) is 3.07. The van der Waals surface area contributed by atoms with E-state index in [1.807, 2.05) is 19.1 Å². The summed E-state index contributed by atoms with van der Waals surface area (Å²) < 4.78 is 14.8. The van der Waals surface area contributed by atoms with Crippen molar-refractivity contribution >= 4 is 11.8 Å². The van der Waals surface area contributed by atoms with Crippen LogP contribution in [0.4, 0.5) is 15.0 Å². The topological polar surface area (TPSA) is 71.8 Å². The third-order valence-corrected chi connectivity index (χ3v) is 4.71. The minimum Gasteiger partial charge on any atom is -0.337 e. The third-order valence-electron chi connectivity index (χ3n) is 4.71. The Bertz CT molecular complexity index is 691. The van der Waals surface area contributed by atoms with E-state index in [1.165, 1.54) is 12.1 Å². The van der Waals surface area contributed by atoms with Crippen LogP contribution in [0.15, 0.2) is 30.5 Å². The predicted molar refractivity (Wildman–Crippen MR) is 89.3 cm³/mol. The molecule has 128 valence electrons. The van der Waals surface area contributed by atoms with Gasteiger partial charge in [0.05, 0.1) is 6.20 Å². The van der Waals surface area contributed by atoms with Gasteiger partial charge in [-0.3, -0.25) is 10.00 Å². The average molecular weight is 331 g/mol. The number of benzene rings is 1. The number of aromatic nitrogens is 3. The summed E-state index contributed by atoms with van der Waals surface area (Å²) in [4.78, 5) is 12.1. The fraction of sp³-hybridized carbons (Fsp3) is 0.471. The van der Waals surface area contributed by atoms with Gasteiger partial charge in [-0.25, -0.2) is 9.18 Å². The van der Waals surface area contributed by atoms with Crippen LogP contribution < -0.4 is 10.6 Å². The van der Waals surface area contributed by atoms with Gasteiger partial charge in [0.2, 0.25) is 0 Å². The molecule has 3 rings (SSSR count). The summed E-state index contributed by atoms with van der Waals surface area (Å²) in [6.07, 6.45) is 5.90. The first-order chi connectivity index (χ1) is 11.6. The minimum atomic E-state index is -0.300. The van der Waals surface area contributed by atoms with E-state index in [-0.39, 0.29) is 17.3 Å². The Kier molecular flexibility index (Phi) is 4.78. The molecule has 0 spiro atoms. The molecule has 24 heavy (non-hydrogen) atoms. The molecule has 1 aromatic heterocycles. The minimum absolute atomic E-state index is 0.119. The molecule has 1 heterocycles. The monoisotopic (exact) mass is 331 g/mol. The third kappa shape index (κ3) is 3.55. The molecule has 1 aliphatic rings. The Labute approximate surface area is 140 Å². The van der Waals surface area contributed by atoms with Gasteiger partial charge in [0.15, 0.2) is 5.82 Å². The molecule has 0 atom stereocenters. The van der Waals surface area contributed by atoms with E-state index in [1.54, 1.807) is 10.9 Å². The van der Waals surface area contributed by atoms with E-state index < -0.39 is 0 Å². The quantitative estimate of drug-likeness (QED) is 0.884. The molecule has 2 N–H and O–H groups in total. The van der Waals surface area contributed by atoms with Gasteiger partial charge in [0, 0.05) is 18.5 Å². The summed E-state index contributed by atoms with van der Waals surface area (Å²) in [5.41, 5.74) is 0.963. The van der Waals surface area contributed by atoms with Gasteiger partial charge in [-0.1, -0.05) is 30.2 Å². The molecule has 0 bridgehead atoms. The maximum atomic E-state index is 13.2. The largest absolute Gasteiger partial charge is 0.337 e. The number of anilines is 1. The highest BCUT2D eigenvalue weighted by Gasteiger charge is 2.35. The molecule has 1 aromatic carbocycles. The van der Waals surface area contributed by atoms with E-state index in [0.29, 0.717) is 18.9 Å². The first kappa shape index (κ1) is 16.4. The number of rotatable bonds is 5. The second kappa shape index (κ2) is 6.98. The van der Waals surface area contributed by atoms with Gasteiger partial charge in [-0.2, -0.15) is 0 Å². The second-order valence-electron chi connectivity index (χ2n) is 6.26. The highest BCUT2D eigenvalue weighted by molar-refractivity contribution is 5.88. The second-order valence-corrected chi connectivity index (χ2v) is 6.26. The smallest absolute Gasteiger partial charge is 0.320 e. The van der Waals surface area contributed by atoms with Crippen LogP contribution in [-0.2, 0) is 12.0 Å².